The van der Waals surface area contributed by atoms with Crippen LogP contribution in [0, 0.1) is 0 Å². The predicted molar refractivity (Wildman–Crippen MR) is 78.2 cm³/mol. The highest BCUT2D eigenvalue weighted by atomic mass is 32.2. The topological polar surface area (TPSA) is 78.0 Å². The minimum absolute atomic E-state index is 0.152. The number of amides is 3. The fraction of sp³-hybridized carbons (Fsp3) is 0.846. The summed E-state index contributed by atoms with van der Waals surface area (Å²) in [6.07, 6.45) is 2.20. The Kier molecular flexibility index (Phi) is 4.30. The molecule has 120 valence electrons. The number of hydrogen-bond donors (Lipinski definition) is 0. The largest absolute Gasteiger partial charge is 0.327 e. The van der Waals surface area contributed by atoms with Gasteiger partial charge in [-0.1, -0.05) is 13.3 Å². The van der Waals surface area contributed by atoms with Crippen LogP contribution in [0.4, 0.5) is 4.79 Å². The maximum Gasteiger partial charge on any atom is 0.327 e. The fourth-order valence-electron chi connectivity index (χ4n) is 3.09. The Labute approximate surface area is 125 Å². The van der Waals surface area contributed by atoms with Gasteiger partial charge in [-0.15, -0.1) is 0 Å². The van der Waals surface area contributed by atoms with Crippen molar-refractivity contribution in [2.24, 2.45) is 0 Å². The van der Waals surface area contributed by atoms with Crippen molar-refractivity contribution in [3.8, 4) is 0 Å². The molecule has 21 heavy (non-hydrogen) atoms. The lowest BCUT2D eigenvalue weighted by molar-refractivity contribution is -0.133. The Morgan fingerprint density at radius 2 is 1.71 bits per heavy atom. The number of piperidine rings is 1. The van der Waals surface area contributed by atoms with Crippen molar-refractivity contribution >= 4 is 22.0 Å². The van der Waals surface area contributed by atoms with Gasteiger partial charge in [0.1, 0.15) is 5.54 Å². The number of carbonyl (C=O) groups excluding carboxylic acids is 2. The standard InChI is InChI=1S/C13H23N3O4S/c1-4-5-10-21(19,20)16-8-6-13(7-9-16)11(17)14(2)12(18)15(13)3/h4-10H2,1-3H3. The number of rotatable bonds is 4. The maximum absolute atomic E-state index is 12.3. The number of hydrogen-bond acceptors (Lipinski definition) is 4. The summed E-state index contributed by atoms with van der Waals surface area (Å²) in [6.45, 7) is 2.54. The molecule has 2 aliphatic heterocycles. The van der Waals surface area contributed by atoms with E-state index >= 15 is 0 Å². The first kappa shape index (κ1) is 16.2. The molecule has 0 aliphatic carbocycles. The summed E-state index contributed by atoms with van der Waals surface area (Å²) in [4.78, 5) is 26.8. The second-order valence-electron chi connectivity index (χ2n) is 5.81. The summed E-state index contributed by atoms with van der Waals surface area (Å²) >= 11 is 0. The van der Waals surface area contributed by atoms with Crippen molar-refractivity contribution in [3.05, 3.63) is 0 Å². The van der Waals surface area contributed by atoms with E-state index in [1.165, 1.54) is 16.3 Å². The molecule has 7 nitrogen and oxygen atoms in total. The van der Waals surface area contributed by atoms with E-state index < -0.39 is 15.6 Å². The smallest absolute Gasteiger partial charge is 0.312 e. The van der Waals surface area contributed by atoms with E-state index in [0.29, 0.717) is 32.4 Å². The lowest BCUT2D eigenvalue weighted by atomic mass is 9.87. The number of likely N-dealkylation sites (N-methyl/N-ethyl adjacent to an activating group) is 2. The van der Waals surface area contributed by atoms with Gasteiger partial charge in [-0.3, -0.25) is 9.69 Å². The molecule has 0 N–H and O–H groups in total. The summed E-state index contributed by atoms with van der Waals surface area (Å²) in [6, 6.07) is -0.317. The van der Waals surface area contributed by atoms with Gasteiger partial charge in [0.2, 0.25) is 10.0 Å². The zero-order chi connectivity index (χ0) is 15.8. The second kappa shape index (κ2) is 5.57. The van der Waals surface area contributed by atoms with Gasteiger partial charge < -0.3 is 4.90 Å². The second-order valence-corrected chi connectivity index (χ2v) is 7.89. The molecule has 0 aromatic rings. The van der Waals surface area contributed by atoms with Gasteiger partial charge in [-0.05, 0) is 19.3 Å². The lowest BCUT2D eigenvalue weighted by Gasteiger charge is -2.40. The highest BCUT2D eigenvalue weighted by molar-refractivity contribution is 7.89. The number of unbranched alkanes of at least 4 members (excludes halogenated alkanes) is 1. The molecule has 2 saturated heterocycles. The average molecular weight is 317 g/mol. The molecule has 2 rings (SSSR count). The van der Waals surface area contributed by atoms with E-state index in [4.69, 9.17) is 0 Å². The minimum Gasteiger partial charge on any atom is -0.312 e. The summed E-state index contributed by atoms with van der Waals surface area (Å²) in [5.41, 5.74) is -0.859. The Bertz CT molecular complexity index is 538. The number of imide groups is 1. The van der Waals surface area contributed by atoms with Gasteiger partial charge in [0.15, 0.2) is 0 Å². The van der Waals surface area contributed by atoms with Crippen molar-refractivity contribution in [3.63, 3.8) is 0 Å². The van der Waals surface area contributed by atoms with E-state index in [2.05, 4.69) is 0 Å². The molecule has 1 spiro atoms. The van der Waals surface area contributed by atoms with Crippen LogP contribution in [-0.2, 0) is 14.8 Å². The van der Waals surface area contributed by atoms with Crippen LogP contribution in [0.1, 0.15) is 32.6 Å². The SMILES string of the molecule is CCCCS(=O)(=O)N1CCC2(CC1)C(=O)N(C)C(=O)N2C. The summed E-state index contributed by atoms with van der Waals surface area (Å²) < 4.78 is 25.8. The van der Waals surface area contributed by atoms with Gasteiger partial charge in [0, 0.05) is 27.2 Å². The quantitative estimate of drug-likeness (QED) is 0.706. The van der Waals surface area contributed by atoms with Crippen molar-refractivity contribution in [2.75, 3.05) is 32.9 Å². The molecule has 8 heteroatoms. The normalized spacial score (nSPS) is 23.4. The minimum atomic E-state index is -3.25. The predicted octanol–water partition coefficient (Wildman–Crippen LogP) is 0.475. The fourth-order valence-corrected chi connectivity index (χ4v) is 4.74. The van der Waals surface area contributed by atoms with Gasteiger partial charge in [0.25, 0.3) is 5.91 Å². The van der Waals surface area contributed by atoms with Crippen molar-refractivity contribution in [1.82, 2.24) is 14.1 Å². The van der Waals surface area contributed by atoms with Crippen LogP contribution >= 0.6 is 0 Å². The zero-order valence-electron chi connectivity index (χ0n) is 12.8. The van der Waals surface area contributed by atoms with Crippen molar-refractivity contribution in [2.45, 2.75) is 38.1 Å². The molecule has 2 heterocycles. The Balaban J connectivity index is 2.10. The molecule has 0 saturated carbocycles. The van der Waals surface area contributed by atoms with E-state index in [9.17, 15) is 18.0 Å². The van der Waals surface area contributed by atoms with Crippen molar-refractivity contribution in [1.29, 1.82) is 0 Å². The van der Waals surface area contributed by atoms with Crippen LogP contribution in [0.5, 0.6) is 0 Å². The Hall–Kier alpha value is -1.15. The monoisotopic (exact) mass is 317 g/mol. The molecule has 0 radical (unpaired) electrons. The van der Waals surface area contributed by atoms with Crippen LogP contribution in [0.15, 0.2) is 0 Å². The van der Waals surface area contributed by atoms with Crippen LogP contribution in [0.3, 0.4) is 0 Å². The third-order valence-corrected chi connectivity index (χ3v) is 6.57. The molecule has 0 aromatic heterocycles. The van der Waals surface area contributed by atoms with E-state index in [1.807, 2.05) is 6.92 Å². The van der Waals surface area contributed by atoms with Crippen LogP contribution in [0.25, 0.3) is 0 Å². The zero-order valence-corrected chi connectivity index (χ0v) is 13.6. The Morgan fingerprint density at radius 1 is 1.14 bits per heavy atom. The third kappa shape index (κ3) is 2.55. The van der Waals surface area contributed by atoms with Gasteiger partial charge in [0.05, 0.1) is 5.75 Å². The number of carbonyl (C=O) groups is 2. The molecular weight excluding hydrogens is 294 g/mol. The van der Waals surface area contributed by atoms with Gasteiger partial charge in [-0.2, -0.15) is 0 Å². The van der Waals surface area contributed by atoms with Crippen LogP contribution < -0.4 is 0 Å². The molecule has 0 atom stereocenters. The van der Waals surface area contributed by atoms with E-state index in [0.717, 1.165) is 11.3 Å². The first-order valence-electron chi connectivity index (χ1n) is 7.30. The average Bonchev–Trinajstić information content (AvgIpc) is 2.62. The van der Waals surface area contributed by atoms with E-state index in [1.54, 1.807) is 7.05 Å². The highest BCUT2D eigenvalue weighted by Gasteiger charge is 2.55. The van der Waals surface area contributed by atoms with Crippen molar-refractivity contribution < 1.29 is 18.0 Å². The molecule has 3 amide bonds. The summed E-state index contributed by atoms with van der Waals surface area (Å²) in [5.74, 6) is -0.0698. The first-order valence-corrected chi connectivity index (χ1v) is 8.91. The molecule has 0 unspecified atom stereocenters. The molecule has 2 aliphatic rings. The highest BCUT2D eigenvalue weighted by Crippen LogP contribution is 2.36. The molecule has 0 bridgehead atoms. The number of urea groups is 1. The Morgan fingerprint density at radius 3 is 2.14 bits per heavy atom. The van der Waals surface area contributed by atoms with E-state index in [-0.39, 0.29) is 17.7 Å². The molecule has 0 aromatic carbocycles. The van der Waals surface area contributed by atoms with Gasteiger partial charge in [-0.25, -0.2) is 17.5 Å². The molecule has 2 fully saturated rings. The molecular formula is C13H23N3O4S. The maximum atomic E-state index is 12.3. The van der Waals surface area contributed by atoms with Crippen LogP contribution in [-0.4, -0.2) is 72.9 Å². The van der Waals surface area contributed by atoms with Gasteiger partial charge >= 0.3 is 6.03 Å². The van der Waals surface area contributed by atoms with Crippen LogP contribution in [0.2, 0.25) is 0 Å². The number of nitrogens with zero attached hydrogens (tertiary/aromatic N) is 3. The third-order valence-electron chi connectivity index (χ3n) is 4.62. The number of sulfonamides is 1. The summed E-state index contributed by atoms with van der Waals surface area (Å²) in [5, 5.41) is 0. The summed E-state index contributed by atoms with van der Waals surface area (Å²) in [7, 11) is -0.160. The first-order chi connectivity index (χ1) is 9.76. The lowest BCUT2D eigenvalue weighted by Crippen LogP contribution is -2.56.